The number of rotatable bonds is 9. The van der Waals surface area contributed by atoms with Crippen LogP contribution in [-0.4, -0.2) is 77.8 Å². The molecule has 0 aromatic heterocycles. The van der Waals surface area contributed by atoms with Gasteiger partial charge in [0.1, 0.15) is 18.5 Å². The lowest BCUT2D eigenvalue weighted by atomic mass is 9.76. The quantitative estimate of drug-likeness (QED) is 0.317. The molecule has 0 spiro atoms. The molecular weight excluding hydrogens is 524 g/mol. The number of carbonyl (C=O) groups excluding carboxylic acids is 3. The Balaban J connectivity index is 1.59. The van der Waals surface area contributed by atoms with Crippen molar-refractivity contribution in [2.24, 2.45) is 0 Å². The van der Waals surface area contributed by atoms with Gasteiger partial charge in [-0.25, -0.2) is 0 Å². The van der Waals surface area contributed by atoms with Crippen molar-refractivity contribution in [3.8, 4) is 11.5 Å². The van der Waals surface area contributed by atoms with Gasteiger partial charge in [0.05, 0.1) is 32.1 Å². The molecule has 218 valence electrons. The van der Waals surface area contributed by atoms with Gasteiger partial charge in [-0.05, 0) is 36.6 Å². The summed E-state index contributed by atoms with van der Waals surface area (Å²) in [5.41, 5.74) is 2.12. The second kappa shape index (κ2) is 12.9. The van der Waals surface area contributed by atoms with Crippen LogP contribution in [0.3, 0.4) is 0 Å². The van der Waals surface area contributed by atoms with Crippen molar-refractivity contribution in [2.45, 2.75) is 75.2 Å². The number of carbonyl (C=O) groups is 3. The number of hydrogen-bond acceptors (Lipinski definition) is 7. The third kappa shape index (κ3) is 5.87. The van der Waals surface area contributed by atoms with E-state index < -0.39 is 30.1 Å². The molecule has 3 aliphatic rings. The van der Waals surface area contributed by atoms with Crippen LogP contribution in [0.25, 0.3) is 0 Å². The van der Waals surface area contributed by atoms with Gasteiger partial charge >= 0.3 is 0 Å². The minimum atomic E-state index is -1.14. The number of ether oxygens (including phenoxy) is 2. The molecule has 0 bridgehead atoms. The third-order valence-corrected chi connectivity index (χ3v) is 8.44. The molecule has 2 aliphatic carbocycles. The molecule has 4 unspecified atom stereocenters. The van der Waals surface area contributed by atoms with Crippen molar-refractivity contribution in [3.05, 3.63) is 70.8 Å². The molecule has 9 nitrogen and oxygen atoms in total. The van der Waals surface area contributed by atoms with Gasteiger partial charge in [0.2, 0.25) is 11.8 Å². The number of nitrogens with zero attached hydrogens (tertiary/aromatic N) is 1. The molecule has 1 heterocycles. The van der Waals surface area contributed by atoms with E-state index >= 15 is 0 Å². The molecule has 3 N–H and O–H groups in total. The highest BCUT2D eigenvalue weighted by Crippen LogP contribution is 2.51. The Kier molecular flexibility index (Phi) is 9.05. The zero-order chi connectivity index (χ0) is 28.9. The van der Waals surface area contributed by atoms with E-state index in [1.165, 1.54) is 7.11 Å². The second-order valence-corrected chi connectivity index (χ2v) is 11.0. The van der Waals surface area contributed by atoms with Crippen molar-refractivity contribution >= 4 is 18.1 Å². The summed E-state index contributed by atoms with van der Waals surface area (Å²) in [6, 6.07) is 11.8. The van der Waals surface area contributed by atoms with Gasteiger partial charge in [0, 0.05) is 29.3 Å². The van der Waals surface area contributed by atoms with E-state index in [4.69, 9.17) is 9.47 Å². The molecule has 0 saturated heterocycles. The molecule has 2 amide bonds. The van der Waals surface area contributed by atoms with Crippen LogP contribution in [-0.2, 0) is 16.0 Å². The van der Waals surface area contributed by atoms with Gasteiger partial charge in [-0.3, -0.25) is 14.4 Å². The van der Waals surface area contributed by atoms with Crippen LogP contribution >= 0.6 is 0 Å². The number of benzene rings is 2. The maximum Gasteiger partial charge on any atom is 0.247 e. The molecule has 2 aromatic carbocycles. The van der Waals surface area contributed by atoms with E-state index in [2.05, 4.69) is 5.32 Å². The van der Waals surface area contributed by atoms with E-state index in [0.717, 1.165) is 44.1 Å². The summed E-state index contributed by atoms with van der Waals surface area (Å²) >= 11 is 0. The lowest BCUT2D eigenvalue weighted by Gasteiger charge is -2.44. The fourth-order valence-electron chi connectivity index (χ4n) is 6.54. The summed E-state index contributed by atoms with van der Waals surface area (Å²) < 4.78 is 11.8. The molecule has 0 radical (unpaired) electrons. The Hall–Kier alpha value is -3.69. The number of methoxy groups -OCH3 is 1. The van der Waals surface area contributed by atoms with Crippen LogP contribution in [0.5, 0.6) is 11.5 Å². The van der Waals surface area contributed by atoms with Gasteiger partial charge in [0.25, 0.3) is 0 Å². The van der Waals surface area contributed by atoms with Crippen molar-refractivity contribution in [3.63, 3.8) is 0 Å². The highest BCUT2D eigenvalue weighted by molar-refractivity contribution is 5.96. The first-order valence-corrected chi connectivity index (χ1v) is 14.4. The topological polar surface area (TPSA) is 125 Å². The molecule has 5 rings (SSSR count). The maximum absolute atomic E-state index is 14.1. The molecule has 2 aromatic rings. The molecule has 9 heteroatoms. The first-order chi connectivity index (χ1) is 20.0. The van der Waals surface area contributed by atoms with Gasteiger partial charge in [-0.15, -0.1) is 0 Å². The minimum Gasteiger partial charge on any atom is -0.493 e. The predicted molar refractivity (Wildman–Crippen MR) is 152 cm³/mol. The number of aliphatic hydroxyl groups excluding tert-OH is 2. The lowest BCUT2D eigenvalue weighted by molar-refractivity contribution is -0.140. The highest BCUT2D eigenvalue weighted by Gasteiger charge is 2.52. The van der Waals surface area contributed by atoms with Crippen molar-refractivity contribution in [1.29, 1.82) is 0 Å². The smallest absolute Gasteiger partial charge is 0.247 e. The Morgan fingerprint density at radius 2 is 1.85 bits per heavy atom. The van der Waals surface area contributed by atoms with Crippen LogP contribution < -0.4 is 14.8 Å². The lowest BCUT2D eigenvalue weighted by Crippen LogP contribution is -2.58. The highest BCUT2D eigenvalue weighted by atomic mass is 16.5. The van der Waals surface area contributed by atoms with E-state index in [-0.39, 0.29) is 31.5 Å². The fourth-order valence-corrected chi connectivity index (χ4v) is 6.54. The average molecular weight is 563 g/mol. The Bertz CT molecular complexity index is 1290. The summed E-state index contributed by atoms with van der Waals surface area (Å²) in [5.74, 6) is -0.532. The molecule has 1 aliphatic heterocycles. The number of aliphatic hydroxyl groups is 2. The number of nitrogens with one attached hydrogen (secondary N) is 1. The van der Waals surface area contributed by atoms with Crippen LogP contribution in [0.4, 0.5) is 0 Å². The first kappa shape index (κ1) is 28.8. The molecule has 4 atom stereocenters. The SMILES string of the molecule is COc1cc(C=O)cc2c1OC1C2C(C(=O)NCCO)=CC(N(C(=O)Cc2ccccc2)C2CCCCCC2)C1O. The Morgan fingerprint density at radius 3 is 2.51 bits per heavy atom. The number of fused-ring (bicyclic) bond motifs is 3. The van der Waals surface area contributed by atoms with Crippen molar-refractivity contribution in [2.75, 3.05) is 20.3 Å². The number of hydrogen-bond donors (Lipinski definition) is 3. The van der Waals surface area contributed by atoms with E-state index in [1.54, 1.807) is 23.1 Å². The normalized spacial score (nSPS) is 23.7. The average Bonchev–Trinajstić information content (AvgIpc) is 3.17. The molecular formula is C32H38N2O7. The predicted octanol–water partition coefficient (Wildman–Crippen LogP) is 2.92. The van der Waals surface area contributed by atoms with Crippen LogP contribution in [0, 0.1) is 0 Å². The monoisotopic (exact) mass is 562 g/mol. The third-order valence-electron chi connectivity index (χ3n) is 8.44. The second-order valence-electron chi connectivity index (χ2n) is 11.0. The molecule has 41 heavy (non-hydrogen) atoms. The number of aldehydes is 1. The van der Waals surface area contributed by atoms with Crippen LogP contribution in [0.2, 0.25) is 0 Å². The van der Waals surface area contributed by atoms with Gasteiger partial charge in [-0.1, -0.05) is 56.0 Å². The number of amides is 2. The zero-order valence-electron chi connectivity index (χ0n) is 23.3. The van der Waals surface area contributed by atoms with Crippen molar-refractivity contribution in [1.82, 2.24) is 10.2 Å². The Morgan fingerprint density at radius 1 is 1.12 bits per heavy atom. The van der Waals surface area contributed by atoms with Crippen molar-refractivity contribution < 1.29 is 34.1 Å². The summed E-state index contributed by atoms with van der Waals surface area (Å²) in [5, 5.41) is 24.0. The first-order valence-electron chi connectivity index (χ1n) is 14.4. The summed E-state index contributed by atoms with van der Waals surface area (Å²) in [4.78, 5) is 41.1. The fraction of sp³-hybridized carbons (Fsp3) is 0.469. The molecule has 1 fully saturated rings. The zero-order valence-corrected chi connectivity index (χ0v) is 23.3. The van der Waals surface area contributed by atoms with Gasteiger partial charge in [0.15, 0.2) is 11.5 Å². The minimum absolute atomic E-state index is 0.0471. The summed E-state index contributed by atoms with van der Waals surface area (Å²) in [6.45, 7) is -0.190. The van der Waals surface area contributed by atoms with Crippen LogP contribution in [0.1, 0.15) is 65.9 Å². The van der Waals surface area contributed by atoms with E-state index in [9.17, 15) is 24.6 Å². The van der Waals surface area contributed by atoms with Crippen LogP contribution in [0.15, 0.2) is 54.1 Å². The van der Waals surface area contributed by atoms with Gasteiger partial charge in [-0.2, -0.15) is 0 Å². The summed E-state index contributed by atoms with van der Waals surface area (Å²) in [7, 11) is 1.47. The maximum atomic E-state index is 14.1. The largest absolute Gasteiger partial charge is 0.493 e. The molecule has 1 saturated carbocycles. The Labute approximate surface area is 240 Å². The van der Waals surface area contributed by atoms with Gasteiger partial charge < -0.3 is 29.9 Å². The van der Waals surface area contributed by atoms with E-state index in [1.807, 2.05) is 30.3 Å². The summed E-state index contributed by atoms with van der Waals surface area (Å²) in [6.07, 6.45) is 6.32. The van der Waals surface area contributed by atoms with E-state index in [0.29, 0.717) is 34.5 Å². The standard InChI is InChI=1S/C32H38N2O7/c1-40-26-16-21(19-36)15-23-28-24(32(39)33-13-14-35)18-25(29(38)31(28)41-30(23)26)34(22-11-7-2-3-8-12-22)27(37)17-20-9-5-4-6-10-20/h4-6,9-10,15-16,18-19,22,25,28-29,31,35,38H,2-3,7-8,11-14,17H2,1H3,(H,33,39).